The molecular formula is CH8N2O8P2. The molecule has 0 bridgehead atoms. The third kappa shape index (κ3) is 34.2. The van der Waals surface area contributed by atoms with Gasteiger partial charge >= 0.3 is 21.7 Å². The minimum Gasteiger partial charge on any atom is -0.352 e. The third-order valence-electron chi connectivity index (χ3n) is 0.213. The van der Waals surface area contributed by atoms with E-state index in [-0.39, 0.29) is 0 Å². The molecule has 0 unspecified atom stereocenters. The van der Waals surface area contributed by atoms with Crippen molar-refractivity contribution < 1.29 is 37.8 Å². The third-order valence-corrected chi connectivity index (χ3v) is 1.91. The lowest BCUT2D eigenvalue weighted by Gasteiger charge is -2.03. The van der Waals surface area contributed by atoms with Crippen molar-refractivity contribution >= 4 is 21.7 Å². The first-order valence-corrected chi connectivity index (χ1v) is 5.37. The molecule has 0 aromatic rings. The molecule has 0 heterocycles. The minimum atomic E-state index is -5.05. The fraction of sp³-hybridized carbons (Fsp3) is 0. The second-order valence-corrected chi connectivity index (χ2v) is 4.08. The molecule has 80 valence electrons. The van der Waals surface area contributed by atoms with Crippen LogP contribution >= 0.6 is 15.6 Å². The Morgan fingerprint density at radius 3 is 1.15 bits per heavy atom. The molecule has 8 N–H and O–H groups in total. The average molecular weight is 238 g/mol. The van der Waals surface area contributed by atoms with Crippen LogP contribution in [0.3, 0.4) is 0 Å². The Morgan fingerprint density at radius 1 is 1.00 bits per heavy atom. The maximum atomic E-state index is 9.63. The van der Waals surface area contributed by atoms with Crippen LogP contribution in [0.4, 0.5) is 4.79 Å². The molecule has 12 heteroatoms. The van der Waals surface area contributed by atoms with Crippen LogP contribution in [-0.2, 0) is 13.4 Å². The summed E-state index contributed by atoms with van der Waals surface area (Å²) in [5.74, 6) is 0. The fourth-order valence-corrected chi connectivity index (χ4v) is 1.25. The second kappa shape index (κ2) is 5.30. The van der Waals surface area contributed by atoms with Gasteiger partial charge in [0.2, 0.25) is 0 Å². The second-order valence-electron chi connectivity index (χ2n) is 1.47. The zero-order chi connectivity index (χ0) is 11.3. The summed E-state index contributed by atoms with van der Waals surface area (Å²) in [6.07, 6.45) is 0. The number of primary amides is 2. The Bertz CT molecular complexity index is 225. The predicted molar refractivity (Wildman–Crippen MR) is 38.9 cm³/mol. The van der Waals surface area contributed by atoms with Gasteiger partial charge in [0.25, 0.3) is 0 Å². The summed E-state index contributed by atoms with van der Waals surface area (Å²) in [6.45, 7) is 0. The van der Waals surface area contributed by atoms with Crippen molar-refractivity contribution in [2.24, 2.45) is 11.5 Å². The number of carbonyl (C=O) groups is 1. The van der Waals surface area contributed by atoms with E-state index in [0.717, 1.165) is 0 Å². The van der Waals surface area contributed by atoms with Crippen molar-refractivity contribution in [3.63, 3.8) is 0 Å². The van der Waals surface area contributed by atoms with Gasteiger partial charge in [-0.25, -0.2) is 13.9 Å². The Hall–Kier alpha value is -0.470. The molecular weight excluding hydrogens is 230 g/mol. The van der Waals surface area contributed by atoms with Crippen LogP contribution in [0, 0.1) is 0 Å². The number of hydrogen-bond donors (Lipinski definition) is 6. The lowest BCUT2D eigenvalue weighted by atomic mass is 11.2. The number of hydrogen-bond acceptors (Lipinski definition) is 4. The molecule has 0 spiro atoms. The predicted octanol–water partition coefficient (Wildman–Crippen LogP) is -1.79. The van der Waals surface area contributed by atoms with Crippen molar-refractivity contribution in [1.29, 1.82) is 0 Å². The summed E-state index contributed by atoms with van der Waals surface area (Å²) in [7, 11) is -10.1. The van der Waals surface area contributed by atoms with Crippen LogP contribution in [-0.4, -0.2) is 25.6 Å². The first kappa shape index (κ1) is 15.0. The first-order chi connectivity index (χ1) is 5.44. The highest BCUT2D eigenvalue weighted by Crippen LogP contribution is 2.53. The number of rotatable bonds is 2. The Kier molecular flexibility index (Phi) is 6.13. The van der Waals surface area contributed by atoms with E-state index in [0.29, 0.717) is 0 Å². The zero-order valence-corrected chi connectivity index (χ0v) is 7.76. The Morgan fingerprint density at radius 2 is 1.15 bits per heavy atom. The lowest BCUT2D eigenvalue weighted by molar-refractivity contribution is 0.225. The van der Waals surface area contributed by atoms with Crippen molar-refractivity contribution in [2.45, 2.75) is 0 Å². The van der Waals surface area contributed by atoms with Gasteiger partial charge in [-0.3, -0.25) is 0 Å². The average Bonchev–Trinajstić information content (AvgIpc) is 1.47. The van der Waals surface area contributed by atoms with Crippen LogP contribution < -0.4 is 11.5 Å². The molecule has 0 aliphatic rings. The van der Waals surface area contributed by atoms with Gasteiger partial charge in [-0.15, -0.1) is 0 Å². The van der Waals surface area contributed by atoms with Crippen molar-refractivity contribution in [3.8, 4) is 0 Å². The largest absolute Gasteiger partial charge is 0.478 e. The first-order valence-electron chi connectivity index (χ1n) is 2.31. The molecule has 0 saturated heterocycles. The van der Waals surface area contributed by atoms with E-state index >= 15 is 0 Å². The number of phosphoric acid groups is 2. The number of carbonyl (C=O) groups excluding carboxylic acids is 1. The summed E-state index contributed by atoms with van der Waals surface area (Å²) in [4.78, 5) is 40.0. The molecule has 0 saturated carbocycles. The summed E-state index contributed by atoms with van der Waals surface area (Å²) in [5, 5.41) is 0. The van der Waals surface area contributed by atoms with Crippen LogP contribution in [0.2, 0.25) is 0 Å². The van der Waals surface area contributed by atoms with Gasteiger partial charge < -0.3 is 31.0 Å². The Labute approximate surface area is 72.0 Å². The van der Waals surface area contributed by atoms with E-state index < -0.39 is 21.7 Å². The van der Waals surface area contributed by atoms with Gasteiger partial charge in [0, 0.05) is 0 Å². The monoisotopic (exact) mass is 238 g/mol. The summed E-state index contributed by atoms with van der Waals surface area (Å²) >= 11 is 0. The number of urea groups is 1. The van der Waals surface area contributed by atoms with Gasteiger partial charge in [-0.1, -0.05) is 0 Å². The maximum absolute atomic E-state index is 9.63. The van der Waals surface area contributed by atoms with Crippen molar-refractivity contribution in [2.75, 3.05) is 0 Å². The van der Waals surface area contributed by atoms with E-state index in [1.165, 1.54) is 0 Å². The van der Waals surface area contributed by atoms with E-state index in [9.17, 15) is 9.13 Å². The fourth-order valence-electron chi connectivity index (χ4n) is 0.139. The number of amides is 2. The summed E-state index contributed by atoms with van der Waals surface area (Å²) < 4.78 is 22.2. The molecule has 13 heavy (non-hydrogen) atoms. The van der Waals surface area contributed by atoms with Crippen molar-refractivity contribution in [1.82, 2.24) is 0 Å². The Balaban J connectivity index is 0. The van der Waals surface area contributed by atoms with Gasteiger partial charge in [-0.05, 0) is 0 Å². The van der Waals surface area contributed by atoms with E-state index in [4.69, 9.17) is 24.4 Å². The van der Waals surface area contributed by atoms with Gasteiger partial charge in [-0.2, -0.15) is 4.31 Å². The molecule has 2 amide bonds. The van der Waals surface area contributed by atoms with Crippen LogP contribution in [0.25, 0.3) is 0 Å². The molecule has 0 atom stereocenters. The van der Waals surface area contributed by atoms with Gasteiger partial charge in [0.05, 0.1) is 0 Å². The summed E-state index contributed by atoms with van der Waals surface area (Å²) in [6, 6.07) is -0.833. The molecule has 0 aromatic heterocycles. The molecule has 0 radical (unpaired) electrons. The highest BCUT2D eigenvalue weighted by Gasteiger charge is 2.27. The van der Waals surface area contributed by atoms with Gasteiger partial charge in [0.15, 0.2) is 0 Å². The van der Waals surface area contributed by atoms with Crippen molar-refractivity contribution in [3.05, 3.63) is 0 Å². The minimum absolute atomic E-state index is 0.833. The normalized spacial score (nSPS) is 11.4. The molecule has 0 fully saturated rings. The van der Waals surface area contributed by atoms with Crippen LogP contribution in [0.15, 0.2) is 0 Å². The summed E-state index contributed by atoms with van der Waals surface area (Å²) in [5.41, 5.74) is 8.50. The molecule has 0 aromatic carbocycles. The van der Waals surface area contributed by atoms with Crippen LogP contribution in [0.5, 0.6) is 0 Å². The van der Waals surface area contributed by atoms with E-state index in [2.05, 4.69) is 15.8 Å². The molecule has 10 nitrogen and oxygen atoms in total. The maximum Gasteiger partial charge on any atom is 0.478 e. The highest BCUT2D eigenvalue weighted by atomic mass is 31.3. The highest BCUT2D eigenvalue weighted by molar-refractivity contribution is 7.60. The smallest absolute Gasteiger partial charge is 0.352 e. The topological polar surface area (TPSA) is 193 Å². The molecule has 0 rings (SSSR count). The quantitative estimate of drug-likeness (QED) is 0.303. The SMILES string of the molecule is NC(N)=O.O=P(O)(O)OP(=O)(O)O. The standard InChI is InChI=1S/CH4N2O.H4O7P2/c2-1(3)4;1-8(2,3)7-9(4,5)6/h(H4,2,3,4);(H2,1,2,3)(H2,4,5,6). The van der Waals surface area contributed by atoms with E-state index in [1.807, 2.05) is 0 Å². The number of nitrogens with two attached hydrogens (primary N) is 2. The lowest BCUT2D eigenvalue weighted by Crippen LogP contribution is -2.18. The van der Waals surface area contributed by atoms with Crippen LogP contribution in [0.1, 0.15) is 0 Å². The molecule has 0 aliphatic carbocycles. The zero-order valence-electron chi connectivity index (χ0n) is 5.97. The van der Waals surface area contributed by atoms with Gasteiger partial charge in [0.1, 0.15) is 0 Å². The molecule has 0 aliphatic heterocycles. The van der Waals surface area contributed by atoms with E-state index in [1.54, 1.807) is 0 Å².